The van der Waals surface area contributed by atoms with Crippen LogP contribution in [0.15, 0.2) is 18.2 Å². The summed E-state index contributed by atoms with van der Waals surface area (Å²) in [5, 5.41) is 12.9. The third-order valence-electron chi connectivity index (χ3n) is 3.39. The molecule has 1 aromatic rings. The van der Waals surface area contributed by atoms with Crippen LogP contribution in [0.2, 0.25) is 0 Å². The Balaban J connectivity index is 2.19. The van der Waals surface area contributed by atoms with Crippen LogP contribution in [0.4, 0.5) is 0 Å². The Bertz CT molecular complexity index is 491. The molecule has 6 heteroatoms. The van der Waals surface area contributed by atoms with Crippen molar-refractivity contribution in [3.8, 4) is 5.75 Å². The van der Waals surface area contributed by atoms with Gasteiger partial charge in [-0.15, -0.1) is 0 Å². The Morgan fingerprint density at radius 1 is 1.48 bits per heavy atom. The second kappa shape index (κ2) is 7.40. The molecule has 2 rings (SSSR count). The number of nitrogens with one attached hydrogen (secondary N) is 1. The molecule has 2 unspecified atom stereocenters. The maximum Gasteiger partial charge on any atom is 0.246 e. The highest BCUT2D eigenvalue weighted by molar-refractivity contribution is 5.77. The Morgan fingerprint density at radius 3 is 3.00 bits per heavy atom. The molecular weight excluding hydrogens is 274 g/mol. The van der Waals surface area contributed by atoms with E-state index in [0.717, 1.165) is 16.9 Å². The first-order valence-electron chi connectivity index (χ1n) is 6.87. The number of hydrogen-bond acceptors (Lipinski definition) is 5. The van der Waals surface area contributed by atoms with E-state index in [1.165, 1.54) is 7.11 Å². The zero-order chi connectivity index (χ0) is 15.2. The predicted molar refractivity (Wildman–Crippen MR) is 76.1 cm³/mol. The molecular formula is C15H21NO5. The van der Waals surface area contributed by atoms with Crippen molar-refractivity contribution >= 4 is 5.91 Å². The summed E-state index contributed by atoms with van der Waals surface area (Å²) >= 11 is 0. The van der Waals surface area contributed by atoms with E-state index in [1.54, 1.807) is 7.11 Å². The molecule has 2 N–H and O–H groups in total. The van der Waals surface area contributed by atoms with Crippen molar-refractivity contribution in [1.82, 2.24) is 5.32 Å². The molecule has 0 aromatic heterocycles. The average molecular weight is 295 g/mol. The first-order chi connectivity index (χ1) is 10.2. The van der Waals surface area contributed by atoms with Crippen LogP contribution in [0.5, 0.6) is 5.75 Å². The number of hydrogen-bond donors (Lipinski definition) is 2. The summed E-state index contributed by atoms with van der Waals surface area (Å²) in [5.41, 5.74) is 1.62. The van der Waals surface area contributed by atoms with Crippen LogP contribution >= 0.6 is 0 Å². The van der Waals surface area contributed by atoms with E-state index in [1.807, 2.05) is 18.2 Å². The monoisotopic (exact) mass is 295 g/mol. The largest absolute Gasteiger partial charge is 0.493 e. The van der Waals surface area contributed by atoms with Crippen molar-refractivity contribution in [1.29, 1.82) is 0 Å². The van der Waals surface area contributed by atoms with Gasteiger partial charge in [-0.05, 0) is 17.7 Å². The van der Waals surface area contributed by atoms with Gasteiger partial charge in [0.05, 0.1) is 19.3 Å². The van der Waals surface area contributed by atoms with Gasteiger partial charge in [0.25, 0.3) is 0 Å². The van der Waals surface area contributed by atoms with Crippen molar-refractivity contribution in [2.45, 2.75) is 18.6 Å². The molecule has 0 saturated heterocycles. The molecule has 6 nitrogen and oxygen atoms in total. The first-order valence-corrected chi connectivity index (χ1v) is 6.87. The average Bonchev–Trinajstić information content (AvgIpc) is 2.47. The van der Waals surface area contributed by atoms with E-state index in [-0.39, 0.29) is 25.2 Å². The summed E-state index contributed by atoms with van der Waals surface area (Å²) in [5.74, 6) is 0.565. The molecule has 21 heavy (non-hydrogen) atoms. The number of methoxy groups -OCH3 is 2. The minimum atomic E-state index is -0.697. The highest BCUT2D eigenvalue weighted by Crippen LogP contribution is 2.34. The summed E-state index contributed by atoms with van der Waals surface area (Å²) in [6, 6.07) is 5.35. The van der Waals surface area contributed by atoms with E-state index >= 15 is 0 Å². The van der Waals surface area contributed by atoms with E-state index in [9.17, 15) is 9.90 Å². The van der Waals surface area contributed by atoms with Gasteiger partial charge >= 0.3 is 0 Å². The summed E-state index contributed by atoms with van der Waals surface area (Å²) in [6.07, 6.45) is -0.00992. The molecule has 0 spiro atoms. The van der Waals surface area contributed by atoms with Gasteiger partial charge < -0.3 is 24.6 Å². The lowest BCUT2D eigenvalue weighted by molar-refractivity contribution is -0.125. The summed E-state index contributed by atoms with van der Waals surface area (Å²) in [4.78, 5) is 11.7. The number of carbonyl (C=O) groups excluding carboxylic acids is 1. The van der Waals surface area contributed by atoms with Gasteiger partial charge in [-0.25, -0.2) is 0 Å². The van der Waals surface area contributed by atoms with Crippen LogP contribution in [-0.4, -0.2) is 45.1 Å². The third-order valence-corrected chi connectivity index (χ3v) is 3.39. The zero-order valence-corrected chi connectivity index (χ0v) is 12.3. The Hall–Kier alpha value is -1.63. The van der Waals surface area contributed by atoms with Crippen LogP contribution < -0.4 is 10.1 Å². The number of carbonyl (C=O) groups is 1. The number of fused-ring (bicyclic) bond motifs is 1. The van der Waals surface area contributed by atoms with Gasteiger partial charge in [0.1, 0.15) is 18.5 Å². The number of rotatable bonds is 6. The molecule has 1 aromatic carbocycles. The zero-order valence-electron chi connectivity index (χ0n) is 12.3. The van der Waals surface area contributed by atoms with E-state index in [4.69, 9.17) is 14.2 Å². The van der Waals surface area contributed by atoms with Crippen molar-refractivity contribution in [3.05, 3.63) is 29.3 Å². The van der Waals surface area contributed by atoms with Crippen LogP contribution in [-0.2, 0) is 14.3 Å². The maximum absolute atomic E-state index is 11.7. The molecule has 1 amide bonds. The summed E-state index contributed by atoms with van der Waals surface area (Å²) < 4.78 is 15.4. The van der Waals surface area contributed by atoms with Crippen LogP contribution in [0.25, 0.3) is 0 Å². The SMILES string of the molecule is COCC(=O)NC1CCOc2ccc(C(O)COC)cc21. The van der Waals surface area contributed by atoms with Crippen LogP contribution in [0, 0.1) is 0 Å². The fraction of sp³-hybridized carbons (Fsp3) is 0.533. The maximum atomic E-state index is 11.7. The fourth-order valence-electron chi connectivity index (χ4n) is 2.39. The lowest BCUT2D eigenvalue weighted by Gasteiger charge is -2.27. The minimum Gasteiger partial charge on any atom is -0.493 e. The Morgan fingerprint density at radius 2 is 2.29 bits per heavy atom. The topological polar surface area (TPSA) is 77.0 Å². The number of aliphatic hydroxyl groups excluding tert-OH is 1. The van der Waals surface area contributed by atoms with Crippen LogP contribution in [0.3, 0.4) is 0 Å². The van der Waals surface area contributed by atoms with Gasteiger partial charge in [-0.3, -0.25) is 4.79 Å². The highest BCUT2D eigenvalue weighted by Gasteiger charge is 2.24. The molecule has 1 heterocycles. The van der Waals surface area contributed by atoms with Crippen molar-refractivity contribution < 1.29 is 24.1 Å². The quantitative estimate of drug-likeness (QED) is 0.817. The molecule has 1 aliphatic heterocycles. The molecule has 0 fully saturated rings. The van der Waals surface area contributed by atoms with Crippen molar-refractivity contribution in [3.63, 3.8) is 0 Å². The standard InChI is InChI=1S/C15H21NO5/c1-19-8-13(17)10-3-4-14-11(7-10)12(5-6-21-14)16-15(18)9-20-2/h3-4,7,12-13,17H,5-6,8-9H2,1-2H3,(H,16,18). The molecule has 0 saturated carbocycles. The lowest BCUT2D eigenvalue weighted by Crippen LogP contribution is -2.34. The molecule has 0 radical (unpaired) electrons. The first kappa shape index (κ1) is 15.8. The van der Waals surface area contributed by atoms with Gasteiger partial charge in [0, 0.05) is 26.2 Å². The van der Waals surface area contributed by atoms with E-state index < -0.39 is 6.10 Å². The van der Waals surface area contributed by atoms with E-state index in [0.29, 0.717) is 13.0 Å². The summed E-state index contributed by atoms with van der Waals surface area (Å²) in [6.45, 7) is 0.796. The Labute approximate surface area is 124 Å². The lowest BCUT2D eigenvalue weighted by atomic mass is 9.96. The molecule has 1 aliphatic rings. The Kier molecular flexibility index (Phi) is 5.55. The number of aliphatic hydroxyl groups is 1. The summed E-state index contributed by atoms with van der Waals surface area (Å²) in [7, 11) is 3.02. The number of amides is 1. The smallest absolute Gasteiger partial charge is 0.246 e. The van der Waals surface area contributed by atoms with Gasteiger partial charge in [0.2, 0.25) is 5.91 Å². The van der Waals surface area contributed by atoms with Gasteiger partial charge in [0.15, 0.2) is 0 Å². The molecule has 2 atom stereocenters. The van der Waals surface area contributed by atoms with Gasteiger partial charge in [-0.2, -0.15) is 0 Å². The number of ether oxygens (including phenoxy) is 3. The molecule has 0 bridgehead atoms. The van der Waals surface area contributed by atoms with Crippen molar-refractivity contribution in [2.75, 3.05) is 34.0 Å². The minimum absolute atomic E-state index is 0.0265. The van der Waals surface area contributed by atoms with Crippen molar-refractivity contribution in [2.24, 2.45) is 0 Å². The predicted octanol–water partition coefficient (Wildman–Crippen LogP) is 0.953. The second-order valence-electron chi connectivity index (χ2n) is 4.96. The fourth-order valence-corrected chi connectivity index (χ4v) is 2.39. The highest BCUT2D eigenvalue weighted by atomic mass is 16.5. The van der Waals surface area contributed by atoms with Gasteiger partial charge in [-0.1, -0.05) is 6.07 Å². The number of benzene rings is 1. The van der Waals surface area contributed by atoms with E-state index in [2.05, 4.69) is 5.32 Å². The normalized spacial score (nSPS) is 18.5. The molecule has 0 aliphatic carbocycles. The third kappa shape index (κ3) is 3.93. The van der Waals surface area contributed by atoms with Crippen LogP contribution in [0.1, 0.15) is 29.7 Å². The molecule has 116 valence electrons. The second-order valence-corrected chi connectivity index (χ2v) is 4.96.